The smallest absolute Gasteiger partial charge is 0.308 e. The van der Waals surface area contributed by atoms with Crippen LogP contribution < -0.4 is 4.74 Å². The van der Waals surface area contributed by atoms with Gasteiger partial charge in [0.2, 0.25) is 0 Å². The van der Waals surface area contributed by atoms with E-state index in [9.17, 15) is 15.0 Å². The third kappa shape index (κ3) is 1.94. The molecule has 4 heteroatoms. The molecule has 0 saturated heterocycles. The largest absolute Gasteiger partial charge is 0.426 e. The molecule has 0 saturated carbocycles. The second-order valence-electron chi connectivity index (χ2n) is 3.97. The Labute approximate surface area is 93.5 Å². The topological polar surface area (TPSA) is 66.8 Å². The van der Waals surface area contributed by atoms with E-state index in [1.165, 1.54) is 6.92 Å². The van der Waals surface area contributed by atoms with Crippen molar-refractivity contribution in [3.63, 3.8) is 0 Å². The van der Waals surface area contributed by atoms with Crippen molar-refractivity contribution in [1.82, 2.24) is 0 Å². The van der Waals surface area contributed by atoms with Gasteiger partial charge in [0.1, 0.15) is 11.9 Å². The van der Waals surface area contributed by atoms with Gasteiger partial charge in [-0.15, -0.1) is 0 Å². The van der Waals surface area contributed by atoms with Crippen LogP contribution in [0.1, 0.15) is 30.6 Å². The predicted molar refractivity (Wildman–Crippen MR) is 57.0 cm³/mol. The molecule has 1 aromatic rings. The molecule has 16 heavy (non-hydrogen) atoms. The number of fused-ring (bicyclic) bond motifs is 1. The van der Waals surface area contributed by atoms with E-state index in [-0.39, 0.29) is 5.97 Å². The number of hydrogen-bond donors (Lipinski definition) is 2. The molecule has 2 atom stereocenters. The van der Waals surface area contributed by atoms with Gasteiger partial charge in [-0.3, -0.25) is 4.79 Å². The predicted octanol–water partition coefficient (Wildman–Crippen LogP) is 0.952. The molecule has 0 aliphatic heterocycles. The Kier molecular flexibility index (Phi) is 2.94. The van der Waals surface area contributed by atoms with E-state index in [1.807, 2.05) is 0 Å². The maximum Gasteiger partial charge on any atom is 0.308 e. The van der Waals surface area contributed by atoms with Crippen LogP contribution in [-0.4, -0.2) is 22.3 Å². The second-order valence-corrected chi connectivity index (χ2v) is 3.97. The highest BCUT2D eigenvalue weighted by atomic mass is 16.5. The molecule has 0 heterocycles. The van der Waals surface area contributed by atoms with Gasteiger partial charge < -0.3 is 14.9 Å². The molecule has 2 N–H and O–H groups in total. The van der Waals surface area contributed by atoms with Crippen LogP contribution in [-0.2, 0) is 11.2 Å². The van der Waals surface area contributed by atoms with Crippen LogP contribution in [0.5, 0.6) is 5.75 Å². The Morgan fingerprint density at radius 2 is 2.19 bits per heavy atom. The lowest BCUT2D eigenvalue weighted by molar-refractivity contribution is -0.131. The monoisotopic (exact) mass is 222 g/mol. The Morgan fingerprint density at radius 1 is 1.44 bits per heavy atom. The van der Waals surface area contributed by atoms with Crippen molar-refractivity contribution in [3.8, 4) is 5.75 Å². The van der Waals surface area contributed by atoms with E-state index >= 15 is 0 Å². The van der Waals surface area contributed by atoms with Crippen molar-refractivity contribution in [2.24, 2.45) is 0 Å². The zero-order valence-corrected chi connectivity index (χ0v) is 9.01. The third-order valence-corrected chi connectivity index (χ3v) is 2.80. The summed E-state index contributed by atoms with van der Waals surface area (Å²) in [6.45, 7) is 1.34. The van der Waals surface area contributed by atoms with Gasteiger partial charge in [0, 0.05) is 12.5 Å². The second kappa shape index (κ2) is 4.23. The highest BCUT2D eigenvalue weighted by Crippen LogP contribution is 2.35. The van der Waals surface area contributed by atoms with Gasteiger partial charge in [0.15, 0.2) is 0 Å². The number of aliphatic hydroxyl groups is 2. The molecule has 2 rings (SSSR count). The van der Waals surface area contributed by atoms with E-state index in [4.69, 9.17) is 4.74 Å². The van der Waals surface area contributed by atoms with Gasteiger partial charge in [-0.1, -0.05) is 12.1 Å². The van der Waals surface area contributed by atoms with Crippen LogP contribution in [0, 0.1) is 0 Å². The number of esters is 1. The molecule has 0 fully saturated rings. The average Bonchev–Trinajstić information content (AvgIpc) is 2.23. The summed E-state index contributed by atoms with van der Waals surface area (Å²) in [6.07, 6.45) is -0.539. The summed E-state index contributed by atoms with van der Waals surface area (Å²) >= 11 is 0. The lowest BCUT2D eigenvalue weighted by atomic mass is 9.87. The van der Waals surface area contributed by atoms with E-state index in [1.54, 1.807) is 18.2 Å². The first kappa shape index (κ1) is 11.1. The summed E-state index contributed by atoms with van der Waals surface area (Å²) in [7, 11) is 0. The molecule has 86 valence electrons. The van der Waals surface area contributed by atoms with E-state index in [2.05, 4.69) is 0 Å². The van der Waals surface area contributed by atoms with Crippen LogP contribution in [0.2, 0.25) is 0 Å². The standard InChI is InChI=1S/C12H14O4/c1-7(13)16-11-4-2-3-9-8(11)5-6-10(14)12(9)15/h2-4,10,12,14-15H,5-6H2,1H3/t10-,12+/m0/s1. The summed E-state index contributed by atoms with van der Waals surface area (Å²) < 4.78 is 5.06. The molecule has 0 aromatic heterocycles. The Hall–Kier alpha value is -1.39. The van der Waals surface area contributed by atoms with Crippen molar-refractivity contribution in [2.45, 2.75) is 32.0 Å². The van der Waals surface area contributed by atoms with Gasteiger partial charge >= 0.3 is 5.97 Å². The summed E-state index contributed by atoms with van der Waals surface area (Å²) in [5.41, 5.74) is 1.47. The van der Waals surface area contributed by atoms with Gasteiger partial charge in [-0.2, -0.15) is 0 Å². The minimum absolute atomic E-state index is 0.381. The zero-order chi connectivity index (χ0) is 11.7. The molecule has 0 bridgehead atoms. The van der Waals surface area contributed by atoms with Crippen molar-refractivity contribution < 1.29 is 19.7 Å². The maximum atomic E-state index is 10.9. The average molecular weight is 222 g/mol. The normalized spacial score (nSPS) is 23.7. The number of carbonyl (C=O) groups is 1. The number of hydrogen-bond acceptors (Lipinski definition) is 4. The van der Waals surface area contributed by atoms with Crippen LogP contribution in [0.4, 0.5) is 0 Å². The molecule has 0 unspecified atom stereocenters. The number of benzene rings is 1. The SMILES string of the molecule is CC(=O)Oc1cccc2c1CC[C@H](O)[C@@H]2O. The first-order chi connectivity index (χ1) is 7.59. The van der Waals surface area contributed by atoms with E-state index in [0.717, 1.165) is 5.56 Å². The van der Waals surface area contributed by atoms with Crippen LogP contribution in [0.15, 0.2) is 18.2 Å². The fraction of sp³-hybridized carbons (Fsp3) is 0.417. The third-order valence-electron chi connectivity index (χ3n) is 2.80. The molecule has 1 aromatic carbocycles. The van der Waals surface area contributed by atoms with Gasteiger partial charge in [0.05, 0.1) is 6.10 Å². The molecular weight excluding hydrogens is 208 g/mol. The molecular formula is C12H14O4. The minimum Gasteiger partial charge on any atom is -0.426 e. The first-order valence-electron chi connectivity index (χ1n) is 5.26. The van der Waals surface area contributed by atoms with Gasteiger partial charge in [0.25, 0.3) is 0 Å². The highest BCUT2D eigenvalue weighted by molar-refractivity contribution is 5.70. The lowest BCUT2D eigenvalue weighted by Crippen LogP contribution is -2.25. The molecule has 0 radical (unpaired) electrons. The molecule has 0 amide bonds. The number of ether oxygens (including phenoxy) is 1. The van der Waals surface area contributed by atoms with Crippen molar-refractivity contribution in [2.75, 3.05) is 0 Å². The van der Waals surface area contributed by atoms with Crippen LogP contribution in [0.3, 0.4) is 0 Å². The number of carbonyl (C=O) groups excluding carboxylic acids is 1. The number of aliphatic hydroxyl groups excluding tert-OH is 2. The van der Waals surface area contributed by atoms with E-state index in [0.29, 0.717) is 24.2 Å². The summed E-state index contributed by atoms with van der Waals surface area (Å²) in [4.78, 5) is 10.9. The molecule has 4 nitrogen and oxygen atoms in total. The summed E-state index contributed by atoms with van der Waals surface area (Å²) in [5.74, 6) is 0.102. The molecule has 0 spiro atoms. The van der Waals surface area contributed by atoms with Crippen molar-refractivity contribution in [1.29, 1.82) is 0 Å². The lowest BCUT2D eigenvalue weighted by Gasteiger charge is -2.27. The zero-order valence-electron chi connectivity index (χ0n) is 9.01. The van der Waals surface area contributed by atoms with Gasteiger partial charge in [-0.25, -0.2) is 0 Å². The van der Waals surface area contributed by atoms with E-state index < -0.39 is 12.2 Å². The Morgan fingerprint density at radius 3 is 2.88 bits per heavy atom. The highest BCUT2D eigenvalue weighted by Gasteiger charge is 2.28. The first-order valence-corrected chi connectivity index (χ1v) is 5.26. The molecule has 1 aliphatic rings. The quantitative estimate of drug-likeness (QED) is 0.548. The Balaban J connectivity index is 2.40. The molecule has 1 aliphatic carbocycles. The van der Waals surface area contributed by atoms with Crippen LogP contribution in [0.25, 0.3) is 0 Å². The fourth-order valence-electron chi connectivity index (χ4n) is 2.04. The fourth-order valence-corrected chi connectivity index (χ4v) is 2.04. The van der Waals surface area contributed by atoms with Crippen molar-refractivity contribution >= 4 is 5.97 Å². The maximum absolute atomic E-state index is 10.9. The Bertz CT molecular complexity index is 413. The van der Waals surface area contributed by atoms with Gasteiger partial charge in [-0.05, 0) is 24.5 Å². The number of rotatable bonds is 1. The summed E-state index contributed by atoms with van der Waals surface area (Å²) in [5, 5.41) is 19.3. The summed E-state index contributed by atoms with van der Waals surface area (Å²) in [6, 6.07) is 5.15. The van der Waals surface area contributed by atoms with Crippen molar-refractivity contribution in [3.05, 3.63) is 29.3 Å². The minimum atomic E-state index is -0.890. The van der Waals surface area contributed by atoms with Crippen LogP contribution >= 0.6 is 0 Å².